The van der Waals surface area contributed by atoms with Crippen LogP contribution in [0.2, 0.25) is 0 Å². The van der Waals surface area contributed by atoms with Gasteiger partial charge in [0, 0.05) is 13.1 Å². The molecule has 7 heteroatoms. The lowest BCUT2D eigenvalue weighted by Gasteiger charge is -2.23. The number of benzene rings is 1. The second-order valence-electron chi connectivity index (χ2n) is 4.93. The molecule has 116 valence electrons. The van der Waals surface area contributed by atoms with E-state index in [1.165, 1.54) is 14.2 Å². The molecule has 1 amide bonds. The first-order valence-corrected chi connectivity index (χ1v) is 5.70. The molecule has 1 rings (SSSR count). The minimum absolute atomic E-state index is 0. The number of aromatic hydroxyl groups is 1. The van der Waals surface area contributed by atoms with Gasteiger partial charge in [-0.05, 0) is 24.6 Å². The van der Waals surface area contributed by atoms with Gasteiger partial charge in [0.1, 0.15) is 11.4 Å². The number of carbonyl (C=O) groups excluding carboxylic acids is 1. The Labute approximate surface area is 137 Å². The van der Waals surface area contributed by atoms with Gasteiger partial charge in [-0.2, -0.15) is 0 Å². The Balaban J connectivity index is 0. The van der Waals surface area contributed by atoms with Crippen LogP contribution in [0.5, 0.6) is 5.75 Å². The number of phenolic OH excluding ortho intramolecular Hbond substituents is 1. The van der Waals surface area contributed by atoms with E-state index in [-0.39, 0.29) is 24.0 Å². The van der Waals surface area contributed by atoms with Crippen LogP contribution in [-0.4, -0.2) is 51.6 Å². The van der Waals surface area contributed by atoms with Crippen molar-refractivity contribution in [1.29, 1.82) is 0 Å². The number of hydrogen-bond acceptors (Lipinski definition) is 4. The van der Waals surface area contributed by atoms with E-state index in [9.17, 15) is 15.0 Å². The molecule has 6 nitrogen and oxygen atoms in total. The zero-order valence-electron chi connectivity index (χ0n) is 12.7. The summed E-state index contributed by atoms with van der Waals surface area (Å²) >= 11 is 0. The highest BCUT2D eigenvalue weighted by Crippen LogP contribution is 2.24. The fourth-order valence-corrected chi connectivity index (χ4v) is 1.09. The summed E-state index contributed by atoms with van der Waals surface area (Å²) < 4.78 is 0.730. The highest BCUT2D eigenvalue weighted by molar-refractivity contribution is 14.0. The van der Waals surface area contributed by atoms with Gasteiger partial charge < -0.3 is 15.0 Å². The topological polar surface area (TPSA) is 72.8 Å². The number of rotatable bonds is 2. The SMILES string of the molecule is CON(C)C(=O)[O-].Cc1ccc([N+](C)(C)C)cc1O.I. The van der Waals surface area contributed by atoms with Crippen LogP contribution in [0, 0.1) is 6.92 Å². The van der Waals surface area contributed by atoms with Gasteiger partial charge in [0.2, 0.25) is 0 Å². The average Bonchev–Trinajstić information content (AvgIpc) is 2.31. The number of phenols is 1. The van der Waals surface area contributed by atoms with Crippen LogP contribution in [-0.2, 0) is 4.84 Å². The first-order valence-electron chi connectivity index (χ1n) is 5.70. The number of halogens is 1. The van der Waals surface area contributed by atoms with Crippen molar-refractivity contribution in [2.75, 3.05) is 35.3 Å². The molecule has 1 N–H and O–H groups in total. The zero-order chi connectivity index (χ0) is 15.2. The number of nitrogens with zero attached hydrogens (tertiary/aromatic N) is 2. The van der Waals surface area contributed by atoms with Crippen LogP contribution in [0.25, 0.3) is 0 Å². The van der Waals surface area contributed by atoms with E-state index in [1.807, 2.05) is 25.1 Å². The van der Waals surface area contributed by atoms with Crippen molar-refractivity contribution in [3.05, 3.63) is 23.8 Å². The molecule has 1 aromatic rings. The van der Waals surface area contributed by atoms with Gasteiger partial charge >= 0.3 is 0 Å². The molecule has 0 aliphatic rings. The van der Waals surface area contributed by atoms with Gasteiger partial charge in [-0.15, -0.1) is 24.0 Å². The predicted molar refractivity (Wildman–Crippen MR) is 88.0 cm³/mol. The number of hydroxylamine groups is 2. The first-order chi connectivity index (χ1) is 8.59. The van der Waals surface area contributed by atoms with Crippen LogP contribution in [0.3, 0.4) is 0 Å². The molecule has 0 aliphatic heterocycles. The Kier molecular flexibility index (Phi) is 9.54. The Morgan fingerprint density at radius 3 is 2.10 bits per heavy atom. The van der Waals surface area contributed by atoms with Gasteiger partial charge in [-0.1, -0.05) is 0 Å². The van der Waals surface area contributed by atoms with Gasteiger partial charge in [0.05, 0.1) is 28.3 Å². The second kappa shape index (κ2) is 8.98. The molecule has 0 bridgehead atoms. The number of amides is 1. The number of hydrogen-bond donors (Lipinski definition) is 1. The summed E-state index contributed by atoms with van der Waals surface area (Å²) in [6.45, 7) is 1.90. The molecule has 0 atom stereocenters. The molecule has 0 fully saturated rings. The van der Waals surface area contributed by atoms with Crippen molar-refractivity contribution in [2.24, 2.45) is 0 Å². The minimum atomic E-state index is -1.34. The maximum absolute atomic E-state index is 9.62. The van der Waals surface area contributed by atoms with E-state index < -0.39 is 6.09 Å². The standard InChI is InChI=1S/C10H15NO.C3H7NO3.HI/c1-8-5-6-9(7-10(8)12)11(2,3)4;1-4(7-2)3(5)6;/h5-7H,1-4H3;1-2H3,(H,5,6);1H. The van der Waals surface area contributed by atoms with E-state index in [0.717, 1.165) is 15.7 Å². The van der Waals surface area contributed by atoms with Crippen molar-refractivity contribution in [3.63, 3.8) is 0 Å². The monoisotopic (exact) mass is 398 g/mol. The lowest BCUT2D eigenvalue weighted by atomic mass is 10.2. The maximum Gasteiger partial charge on any atom is 0.162 e. The van der Waals surface area contributed by atoms with Crippen LogP contribution in [0.15, 0.2) is 18.2 Å². The number of quaternary nitrogens is 1. The Morgan fingerprint density at radius 2 is 1.85 bits per heavy atom. The normalized spacial score (nSPS) is 9.90. The molecule has 0 aromatic heterocycles. The second-order valence-corrected chi connectivity index (χ2v) is 4.93. The van der Waals surface area contributed by atoms with Crippen molar-refractivity contribution >= 4 is 35.8 Å². The molecule has 20 heavy (non-hydrogen) atoms. The maximum atomic E-state index is 9.62. The van der Waals surface area contributed by atoms with Crippen LogP contribution in [0.4, 0.5) is 10.5 Å². The van der Waals surface area contributed by atoms with Crippen molar-refractivity contribution in [2.45, 2.75) is 6.92 Å². The van der Waals surface area contributed by atoms with Crippen LogP contribution in [0.1, 0.15) is 5.56 Å². The third-order valence-corrected chi connectivity index (χ3v) is 2.50. The molecule has 0 saturated heterocycles. The van der Waals surface area contributed by atoms with Crippen molar-refractivity contribution in [1.82, 2.24) is 9.55 Å². The summed E-state index contributed by atoms with van der Waals surface area (Å²) in [6, 6.07) is 5.79. The fraction of sp³-hybridized carbons (Fsp3) is 0.462. The largest absolute Gasteiger partial charge is 0.528 e. The molecule has 0 aliphatic carbocycles. The van der Waals surface area contributed by atoms with Crippen LogP contribution < -0.4 is 9.59 Å². The molecule has 0 radical (unpaired) electrons. The highest BCUT2D eigenvalue weighted by Gasteiger charge is 2.12. The van der Waals surface area contributed by atoms with Gasteiger partial charge in [0.15, 0.2) is 6.09 Å². The van der Waals surface area contributed by atoms with Crippen molar-refractivity contribution < 1.29 is 19.8 Å². The van der Waals surface area contributed by atoms with E-state index in [0.29, 0.717) is 10.8 Å². The lowest BCUT2D eigenvalue weighted by molar-refractivity contribution is -0.294. The quantitative estimate of drug-likeness (QED) is 0.464. The Hall–Kier alpha value is -1.06. The van der Waals surface area contributed by atoms with Crippen LogP contribution >= 0.6 is 24.0 Å². The zero-order valence-corrected chi connectivity index (χ0v) is 15.0. The summed E-state index contributed by atoms with van der Waals surface area (Å²) in [7, 11) is 8.71. The lowest BCUT2D eigenvalue weighted by Crippen LogP contribution is -2.37. The summed E-state index contributed by atoms with van der Waals surface area (Å²) in [4.78, 5) is 13.8. The first kappa shape index (κ1) is 21.2. The predicted octanol–water partition coefficient (Wildman–Crippen LogP) is 1.34. The van der Waals surface area contributed by atoms with E-state index in [4.69, 9.17) is 0 Å². The van der Waals surface area contributed by atoms with Crippen molar-refractivity contribution in [3.8, 4) is 5.75 Å². The average molecular weight is 398 g/mol. The van der Waals surface area contributed by atoms with Gasteiger partial charge in [-0.3, -0.25) is 9.32 Å². The Bertz CT molecular complexity index is 433. The van der Waals surface area contributed by atoms with Gasteiger partial charge in [-0.25, -0.2) is 5.06 Å². The summed E-state index contributed by atoms with van der Waals surface area (Å²) in [5, 5.41) is 19.7. The van der Waals surface area contributed by atoms with E-state index >= 15 is 0 Å². The Morgan fingerprint density at radius 1 is 1.35 bits per heavy atom. The molecule has 0 unspecified atom stereocenters. The van der Waals surface area contributed by atoms with E-state index in [2.05, 4.69) is 26.0 Å². The minimum Gasteiger partial charge on any atom is -0.528 e. The third kappa shape index (κ3) is 7.51. The number of aryl methyl sites for hydroxylation is 1. The summed E-state index contributed by atoms with van der Waals surface area (Å²) in [6.07, 6.45) is -1.34. The molecular weight excluding hydrogens is 375 g/mol. The molecule has 1 aromatic carbocycles. The van der Waals surface area contributed by atoms with E-state index in [1.54, 1.807) is 0 Å². The molecule has 0 saturated carbocycles. The summed E-state index contributed by atoms with van der Waals surface area (Å²) in [5.41, 5.74) is 2.03. The smallest absolute Gasteiger partial charge is 0.162 e. The molecule has 0 spiro atoms. The number of carboxylic acid groups (broad SMARTS) is 1. The number of carbonyl (C=O) groups is 1. The highest BCUT2D eigenvalue weighted by atomic mass is 127. The summed E-state index contributed by atoms with van der Waals surface area (Å²) in [5.74, 6) is 0.376. The third-order valence-electron chi connectivity index (χ3n) is 2.50. The molecule has 0 heterocycles. The van der Waals surface area contributed by atoms with Gasteiger partial charge in [0.25, 0.3) is 0 Å². The molecular formula is C13H23IN2O4. The fourth-order valence-electron chi connectivity index (χ4n) is 1.09.